The van der Waals surface area contributed by atoms with Crippen molar-refractivity contribution in [1.29, 1.82) is 0 Å². The molecule has 0 aromatic carbocycles. The van der Waals surface area contributed by atoms with Crippen molar-refractivity contribution >= 4 is 22.3 Å². The van der Waals surface area contributed by atoms with Gasteiger partial charge in [-0.15, -0.1) is 11.3 Å². The number of anilines is 2. The molecule has 112 valence electrons. The van der Waals surface area contributed by atoms with E-state index in [-0.39, 0.29) is 5.56 Å². The van der Waals surface area contributed by atoms with Crippen LogP contribution in [0.15, 0.2) is 52.9 Å². The second-order valence-electron chi connectivity index (χ2n) is 4.77. The Morgan fingerprint density at radius 1 is 1.27 bits per heavy atom. The van der Waals surface area contributed by atoms with E-state index < -0.39 is 0 Å². The van der Waals surface area contributed by atoms with Gasteiger partial charge in [0.05, 0.1) is 10.7 Å². The van der Waals surface area contributed by atoms with E-state index in [0.717, 1.165) is 17.1 Å². The maximum atomic E-state index is 12.3. The highest BCUT2D eigenvalue weighted by molar-refractivity contribution is 7.14. The van der Waals surface area contributed by atoms with Crippen LogP contribution in [0.25, 0.3) is 11.3 Å². The van der Waals surface area contributed by atoms with Gasteiger partial charge in [0.2, 0.25) is 5.95 Å². The summed E-state index contributed by atoms with van der Waals surface area (Å²) >= 11 is 1.63. The normalized spacial score (nSPS) is 10.6. The molecule has 6 heteroatoms. The van der Waals surface area contributed by atoms with Gasteiger partial charge in [-0.1, -0.05) is 0 Å². The number of hydrogen-bond acceptors (Lipinski definition) is 5. The lowest BCUT2D eigenvalue weighted by molar-refractivity contribution is 0.791. The van der Waals surface area contributed by atoms with Crippen molar-refractivity contribution in [2.45, 2.75) is 6.92 Å². The van der Waals surface area contributed by atoms with Crippen LogP contribution in [0, 0.1) is 0 Å². The fraction of sp³-hybridized carbons (Fsp3) is 0.188. The second-order valence-corrected chi connectivity index (χ2v) is 5.70. The zero-order valence-electron chi connectivity index (χ0n) is 12.4. The standard InChI is InChI=1S/C16H16N4OS/c1-3-20(15-5-4-10-22-15)16-18-13(11-14(21)19(16)2)12-6-8-17-9-7-12/h4-11H,3H2,1-2H3. The number of hydrogen-bond donors (Lipinski definition) is 0. The van der Waals surface area contributed by atoms with Gasteiger partial charge in [-0.05, 0) is 36.6 Å². The van der Waals surface area contributed by atoms with Crippen molar-refractivity contribution < 1.29 is 0 Å². The Labute approximate surface area is 132 Å². The highest BCUT2D eigenvalue weighted by Gasteiger charge is 2.15. The van der Waals surface area contributed by atoms with Crippen LogP contribution in [0.3, 0.4) is 0 Å². The molecule has 0 amide bonds. The summed E-state index contributed by atoms with van der Waals surface area (Å²) in [5.41, 5.74) is 1.47. The van der Waals surface area contributed by atoms with Gasteiger partial charge in [0.1, 0.15) is 0 Å². The van der Waals surface area contributed by atoms with Crippen molar-refractivity contribution in [3.63, 3.8) is 0 Å². The first-order valence-corrected chi connectivity index (χ1v) is 7.88. The van der Waals surface area contributed by atoms with E-state index in [2.05, 4.69) is 4.98 Å². The van der Waals surface area contributed by atoms with E-state index in [0.29, 0.717) is 11.6 Å². The van der Waals surface area contributed by atoms with E-state index in [4.69, 9.17) is 4.98 Å². The summed E-state index contributed by atoms with van der Waals surface area (Å²) in [4.78, 5) is 23.1. The summed E-state index contributed by atoms with van der Waals surface area (Å²) < 4.78 is 1.58. The number of rotatable bonds is 4. The van der Waals surface area contributed by atoms with Gasteiger partial charge in [-0.25, -0.2) is 4.98 Å². The fourth-order valence-electron chi connectivity index (χ4n) is 2.26. The third kappa shape index (κ3) is 2.65. The third-order valence-corrected chi connectivity index (χ3v) is 4.31. The van der Waals surface area contributed by atoms with Crippen molar-refractivity contribution in [2.75, 3.05) is 11.4 Å². The minimum Gasteiger partial charge on any atom is -0.304 e. The second kappa shape index (κ2) is 6.11. The lowest BCUT2D eigenvalue weighted by atomic mass is 10.2. The number of aromatic nitrogens is 3. The van der Waals surface area contributed by atoms with Gasteiger partial charge in [-0.3, -0.25) is 14.3 Å². The number of pyridine rings is 1. The molecule has 0 saturated carbocycles. The van der Waals surface area contributed by atoms with Crippen LogP contribution < -0.4 is 10.5 Å². The largest absolute Gasteiger partial charge is 0.304 e. The summed E-state index contributed by atoms with van der Waals surface area (Å²) in [6, 6.07) is 9.29. The molecule has 3 aromatic rings. The van der Waals surface area contributed by atoms with E-state index in [1.54, 1.807) is 41.4 Å². The Hall–Kier alpha value is -2.47. The topological polar surface area (TPSA) is 51.0 Å². The van der Waals surface area contributed by atoms with E-state index >= 15 is 0 Å². The zero-order chi connectivity index (χ0) is 15.5. The number of thiophene rings is 1. The highest BCUT2D eigenvalue weighted by atomic mass is 32.1. The summed E-state index contributed by atoms with van der Waals surface area (Å²) in [5, 5.41) is 3.08. The van der Waals surface area contributed by atoms with E-state index in [9.17, 15) is 4.79 Å². The van der Waals surface area contributed by atoms with Gasteiger partial charge in [0.25, 0.3) is 5.56 Å². The van der Waals surface area contributed by atoms with Crippen molar-refractivity contribution in [3.8, 4) is 11.3 Å². The first kappa shape index (κ1) is 14.5. The lowest BCUT2D eigenvalue weighted by Crippen LogP contribution is -2.27. The average molecular weight is 312 g/mol. The predicted molar refractivity (Wildman–Crippen MR) is 89.7 cm³/mol. The molecule has 3 rings (SSSR count). The Morgan fingerprint density at radius 3 is 2.68 bits per heavy atom. The molecule has 0 bridgehead atoms. The van der Waals surface area contributed by atoms with Gasteiger partial charge in [-0.2, -0.15) is 0 Å². The summed E-state index contributed by atoms with van der Waals surface area (Å²) in [6.45, 7) is 2.78. The van der Waals surface area contributed by atoms with Crippen LogP contribution in [0.1, 0.15) is 6.92 Å². The molecule has 0 fully saturated rings. The third-order valence-electron chi connectivity index (χ3n) is 3.42. The summed E-state index contributed by atoms with van der Waals surface area (Å²) in [7, 11) is 1.75. The zero-order valence-corrected chi connectivity index (χ0v) is 13.2. The molecule has 3 heterocycles. The van der Waals surface area contributed by atoms with Crippen LogP contribution in [0.4, 0.5) is 10.9 Å². The SMILES string of the molecule is CCN(c1cccs1)c1nc(-c2ccncc2)cc(=O)n1C. The maximum absolute atomic E-state index is 12.3. The molecule has 0 aliphatic rings. The van der Waals surface area contributed by atoms with E-state index in [1.165, 1.54) is 0 Å². The van der Waals surface area contributed by atoms with Gasteiger partial charge < -0.3 is 4.90 Å². The Balaban J connectivity index is 2.15. The molecule has 0 unspecified atom stereocenters. The fourth-order valence-corrected chi connectivity index (χ4v) is 3.05. The predicted octanol–water partition coefficient (Wildman–Crippen LogP) is 3.06. The lowest BCUT2D eigenvalue weighted by Gasteiger charge is -2.22. The maximum Gasteiger partial charge on any atom is 0.255 e. The first-order chi connectivity index (χ1) is 10.7. The van der Waals surface area contributed by atoms with Crippen LogP contribution in [0.2, 0.25) is 0 Å². The van der Waals surface area contributed by atoms with E-state index in [1.807, 2.05) is 41.5 Å². The monoisotopic (exact) mass is 312 g/mol. The summed E-state index contributed by atoms with van der Waals surface area (Å²) in [6.07, 6.45) is 3.40. The van der Waals surface area contributed by atoms with Gasteiger partial charge in [0.15, 0.2) is 0 Å². The molecule has 5 nitrogen and oxygen atoms in total. The molecule has 0 aliphatic heterocycles. The first-order valence-electron chi connectivity index (χ1n) is 7.00. The molecule has 0 N–H and O–H groups in total. The molecule has 22 heavy (non-hydrogen) atoms. The Morgan fingerprint density at radius 2 is 2.05 bits per heavy atom. The molecule has 0 aliphatic carbocycles. The summed E-state index contributed by atoms with van der Waals surface area (Å²) in [5.74, 6) is 0.643. The molecule has 0 spiro atoms. The molecule has 0 atom stereocenters. The Bertz CT molecular complexity index is 812. The van der Waals surface area contributed by atoms with Crippen LogP contribution in [-0.2, 0) is 7.05 Å². The minimum atomic E-state index is -0.0770. The quantitative estimate of drug-likeness (QED) is 0.743. The van der Waals surface area contributed by atoms with Gasteiger partial charge >= 0.3 is 0 Å². The van der Waals surface area contributed by atoms with Crippen molar-refractivity contribution in [1.82, 2.24) is 14.5 Å². The molecule has 0 saturated heterocycles. The van der Waals surface area contributed by atoms with Gasteiger partial charge in [0, 0.05) is 37.6 Å². The van der Waals surface area contributed by atoms with Crippen LogP contribution in [0.5, 0.6) is 0 Å². The molecule has 0 radical (unpaired) electrons. The number of nitrogens with zero attached hydrogens (tertiary/aromatic N) is 4. The van der Waals surface area contributed by atoms with Crippen LogP contribution >= 0.6 is 11.3 Å². The average Bonchev–Trinajstić information content (AvgIpc) is 3.07. The smallest absolute Gasteiger partial charge is 0.255 e. The molecular weight excluding hydrogens is 296 g/mol. The van der Waals surface area contributed by atoms with Crippen molar-refractivity contribution in [3.05, 3.63) is 58.5 Å². The Kier molecular flexibility index (Phi) is 4.02. The van der Waals surface area contributed by atoms with Crippen LogP contribution in [-0.4, -0.2) is 21.1 Å². The molecule has 3 aromatic heterocycles. The highest BCUT2D eigenvalue weighted by Crippen LogP contribution is 2.28. The van der Waals surface area contributed by atoms with Crippen molar-refractivity contribution in [2.24, 2.45) is 7.05 Å². The minimum absolute atomic E-state index is 0.0770. The molecular formula is C16H16N4OS.